The number of hydrogen-bond acceptors (Lipinski definition) is 4. The first-order valence-electron chi connectivity index (χ1n) is 7.15. The van der Waals surface area contributed by atoms with E-state index < -0.39 is 0 Å². The molecule has 5 heteroatoms. The number of carbonyl (C=O) groups is 1. The van der Waals surface area contributed by atoms with Crippen LogP contribution in [0.25, 0.3) is 10.6 Å². The van der Waals surface area contributed by atoms with Crippen LogP contribution in [0.4, 0.5) is 0 Å². The molecular weight excluding hydrogens is 284 g/mol. The third-order valence-corrected chi connectivity index (χ3v) is 4.47. The summed E-state index contributed by atoms with van der Waals surface area (Å²) in [6.45, 7) is 2.27. The number of thiazole rings is 1. The molecule has 0 bridgehead atoms. The topological polar surface area (TPSA) is 51.2 Å². The van der Waals surface area contributed by atoms with E-state index in [0.717, 1.165) is 35.9 Å². The summed E-state index contributed by atoms with van der Waals surface area (Å²) in [5, 5.41) is 5.89. The second-order valence-corrected chi connectivity index (χ2v) is 6.08. The van der Waals surface area contributed by atoms with Crippen molar-refractivity contribution in [3.63, 3.8) is 0 Å². The van der Waals surface area contributed by atoms with Gasteiger partial charge in [-0.3, -0.25) is 4.79 Å². The van der Waals surface area contributed by atoms with E-state index in [-0.39, 0.29) is 5.91 Å². The van der Waals surface area contributed by atoms with Gasteiger partial charge in [0, 0.05) is 30.0 Å². The van der Waals surface area contributed by atoms with Gasteiger partial charge >= 0.3 is 0 Å². The van der Waals surface area contributed by atoms with Gasteiger partial charge in [-0.2, -0.15) is 0 Å². The summed E-state index contributed by atoms with van der Waals surface area (Å²) in [5.41, 5.74) is 1.93. The van der Waals surface area contributed by atoms with E-state index in [2.05, 4.69) is 10.3 Å². The van der Waals surface area contributed by atoms with Crippen LogP contribution in [0, 0.1) is 5.92 Å². The van der Waals surface area contributed by atoms with Gasteiger partial charge in [0.25, 0.3) is 0 Å². The lowest BCUT2D eigenvalue weighted by molar-refractivity contribution is -0.120. The number of aromatic nitrogens is 1. The Kier molecular flexibility index (Phi) is 4.62. The summed E-state index contributed by atoms with van der Waals surface area (Å²) >= 11 is 1.58. The molecule has 4 nitrogen and oxygen atoms in total. The van der Waals surface area contributed by atoms with Gasteiger partial charge in [-0.1, -0.05) is 30.3 Å². The zero-order valence-electron chi connectivity index (χ0n) is 11.7. The highest BCUT2D eigenvalue weighted by atomic mass is 32.1. The molecule has 1 atom stereocenters. The van der Waals surface area contributed by atoms with Crippen molar-refractivity contribution >= 4 is 17.2 Å². The summed E-state index contributed by atoms with van der Waals surface area (Å²) in [5.74, 6) is 0.496. The van der Waals surface area contributed by atoms with Crippen molar-refractivity contribution in [2.45, 2.75) is 12.8 Å². The molecule has 3 rings (SSSR count). The van der Waals surface area contributed by atoms with Gasteiger partial charge in [0.05, 0.1) is 18.7 Å². The highest BCUT2D eigenvalue weighted by Crippen LogP contribution is 2.23. The van der Waals surface area contributed by atoms with E-state index in [9.17, 15) is 4.79 Å². The van der Waals surface area contributed by atoms with Crippen LogP contribution in [0.3, 0.4) is 0 Å². The third-order valence-electron chi connectivity index (χ3n) is 3.53. The molecule has 1 aliphatic heterocycles. The fraction of sp³-hybridized carbons (Fsp3) is 0.375. The second-order valence-electron chi connectivity index (χ2n) is 5.22. The van der Waals surface area contributed by atoms with E-state index in [1.807, 2.05) is 35.7 Å². The van der Waals surface area contributed by atoms with Crippen molar-refractivity contribution in [1.29, 1.82) is 0 Å². The largest absolute Gasteiger partial charge is 0.381 e. The van der Waals surface area contributed by atoms with Crippen molar-refractivity contribution in [1.82, 2.24) is 10.3 Å². The molecule has 1 unspecified atom stereocenters. The molecule has 110 valence electrons. The first kappa shape index (κ1) is 14.2. The minimum Gasteiger partial charge on any atom is -0.381 e. The number of carbonyl (C=O) groups excluding carboxylic acids is 1. The average molecular weight is 302 g/mol. The van der Waals surface area contributed by atoms with Gasteiger partial charge in [0.2, 0.25) is 5.91 Å². The number of hydrogen-bond donors (Lipinski definition) is 1. The van der Waals surface area contributed by atoms with Gasteiger partial charge in [0.15, 0.2) is 0 Å². The van der Waals surface area contributed by atoms with Gasteiger partial charge in [-0.05, 0) is 6.42 Å². The molecule has 1 aromatic heterocycles. The summed E-state index contributed by atoms with van der Waals surface area (Å²) in [7, 11) is 0. The lowest BCUT2D eigenvalue weighted by Crippen LogP contribution is -2.30. The zero-order chi connectivity index (χ0) is 14.5. The highest BCUT2D eigenvalue weighted by Gasteiger charge is 2.16. The lowest BCUT2D eigenvalue weighted by Gasteiger charge is -2.08. The highest BCUT2D eigenvalue weighted by molar-refractivity contribution is 7.13. The summed E-state index contributed by atoms with van der Waals surface area (Å²) in [4.78, 5) is 16.5. The molecule has 1 amide bonds. The molecule has 21 heavy (non-hydrogen) atoms. The Hall–Kier alpha value is -1.72. The number of amides is 1. The molecule has 1 aromatic carbocycles. The van der Waals surface area contributed by atoms with Gasteiger partial charge in [0.1, 0.15) is 5.01 Å². The van der Waals surface area contributed by atoms with Crippen molar-refractivity contribution in [3.05, 3.63) is 41.4 Å². The predicted molar refractivity (Wildman–Crippen MR) is 83.2 cm³/mol. The standard InChI is InChI=1S/C16H18N2O2S/c19-15(17-9-12-6-7-20-10-12)8-14-11-21-16(18-14)13-4-2-1-3-5-13/h1-5,11-12H,6-10H2,(H,17,19). The Morgan fingerprint density at radius 2 is 2.24 bits per heavy atom. The number of ether oxygens (including phenoxy) is 1. The maximum Gasteiger partial charge on any atom is 0.226 e. The number of nitrogens with one attached hydrogen (secondary N) is 1. The van der Waals surface area contributed by atoms with Crippen LogP contribution >= 0.6 is 11.3 Å². The molecule has 0 saturated carbocycles. The Balaban J connectivity index is 1.53. The monoisotopic (exact) mass is 302 g/mol. The molecule has 1 N–H and O–H groups in total. The van der Waals surface area contributed by atoms with Crippen LogP contribution in [0.1, 0.15) is 12.1 Å². The molecule has 2 heterocycles. The number of nitrogens with zero attached hydrogens (tertiary/aromatic N) is 1. The van der Waals surface area contributed by atoms with E-state index in [4.69, 9.17) is 4.74 Å². The molecular formula is C16H18N2O2S. The number of rotatable bonds is 5. The maximum atomic E-state index is 11.9. The third kappa shape index (κ3) is 3.89. The van der Waals surface area contributed by atoms with Gasteiger partial charge in [-0.15, -0.1) is 11.3 Å². The Labute approximate surface area is 128 Å². The smallest absolute Gasteiger partial charge is 0.226 e. The van der Waals surface area contributed by atoms with Gasteiger partial charge in [-0.25, -0.2) is 4.98 Å². The van der Waals surface area contributed by atoms with Crippen LogP contribution in [0.15, 0.2) is 35.7 Å². The van der Waals surface area contributed by atoms with Crippen molar-refractivity contribution < 1.29 is 9.53 Å². The van der Waals surface area contributed by atoms with E-state index >= 15 is 0 Å². The maximum absolute atomic E-state index is 11.9. The minimum atomic E-state index is 0.0341. The number of benzene rings is 1. The average Bonchev–Trinajstić information content (AvgIpc) is 3.17. The predicted octanol–water partition coefficient (Wildman–Crippen LogP) is 2.51. The quantitative estimate of drug-likeness (QED) is 0.923. The van der Waals surface area contributed by atoms with E-state index in [0.29, 0.717) is 18.9 Å². The summed E-state index contributed by atoms with van der Waals surface area (Å²) in [6, 6.07) is 10.0. The van der Waals surface area contributed by atoms with Crippen LogP contribution in [-0.2, 0) is 16.0 Å². The van der Waals surface area contributed by atoms with Crippen LogP contribution < -0.4 is 5.32 Å². The van der Waals surface area contributed by atoms with Gasteiger partial charge < -0.3 is 10.1 Å². The lowest BCUT2D eigenvalue weighted by atomic mass is 10.1. The van der Waals surface area contributed by atoms with Crippen molar-refractivity contribution in [3.8, 4) is 10.6 Å². The molecule has 1 aliphatic rings. The van der Waals surface area contributed by atoms with Crippen LogP contribution in [-0.4, -0.2) is 30.6 Å². The molecule has 0 radical (unpaired) electrons. The van der Waals surface area contributed by atoms with Crippen LogP contribution in [0.2, 0.25) is 0 Å². The summed E-state index contributed by atoms with van der Waals surface area (Å²) < 4.78 is 5.30. The minimum absolute atomic E-state index is 0.0341. The molecule has 0 spiro atoms. The second kappa shape index (κ2) is 6.83. The fourth-order valence-corrected chi connectivity index (χ4v) is 3.16. The Bertz CT molecular complexity index is 591. The Morgan fingerprint density at radius 1 is 1.38 bits per heavy atom. The van der Waals surface area contributed by atoms with Crippen LogP contribution in [0.5, 0.6) is 0 Å². The van der Waals surface area contributed by atoms with E-state index in [1.54, 1.807) is 11.3 Å². The normalized spacial score (nSPS) is 17.8. The summed E-state index contributed by atoms with van der Waals surface area (Å²) in [6.07, 6.45) is 1.38. The molecule has 1 fully saturated rings. The van der Waals surface area contributed by atoms with Crippen molar-refractivity contribution in [2.24, 2.45) is 5.92 Å². The van der Waals surface area contributed by atoms with Crippen molar-refractivity contribution in [2.75, 3.05) is 19.8 Å². The first-order chi connectivity index (χ1) is 10.3. The Morgan fingerprint density at radius 3 is 3.00 bits per heavy atom. The molecule has 1 saturated heterocycles. The first-order valence-corrected chi connectivity index (χ1v) is 8.03. The van der Waals surface area contributed by atoms with E-state index in [1.165, 1.54) is 0 Å². The molecule has 0 aliphatic carbocycles. The fourth-order valence-electron chi connectivity index (χ4n) is 2.33. The SMILES string of the molecule is O=C(Cc1csc(-c2ccccc2)n1)NCC1CCOC1. The molecule has 2 aromatic rings. The zero-order valence-corrected chi connectivity index (χ0v) is 12.6.